The topological polar surface area (TPSA) is 68.1 Å². The summed E-state index contributed by atoms with van der Waals surface area (Å²) in [7, 11) is 0. The fourth-order valence-electron chi connectivity index (χ4n) is 3.19. The van der Waals surface area contributed by atoms with Gasteiger partial charge in [-0.15, -0.1) is 11.3 Å². The van der Waals surface area contributed by atoms with Crippen LogP contribution in [-0.2, 0) is 24.2 Å². The minimum atomic E-state index is 0.00313. The Hall–Kier alpha value is -2.54. The fourth-order valence-corrected chi connectivity index (χ4v) is 4.08. The van der Waals surface area contributed by atoms with Crippen molar-refractivity contribution in [2.75, 3.05) is 13.1 Å². The molecule has 0 bridgehead atoms. The molecule has 4 heterocycles. The summed E-state index contributed by atoms with van der Waals surface area (Å²) in [5.74, 6) is 0.810. The van der Waals surface area contributed by atoms with Crippen LogP contribution in [0.2, 0.25) is 0 Å². The van der Waals surface area contributed by atoms with Crippen molar-refractivity contribution in [3.63, 3.8) is 0 Å². The minimum absolute atomic E-state index is 0.00313. The summed E-state index contributed by atoms with van der Waals surface area (Å²) >= 11 is 1.54. The number of nitrogens with zero attached hydrogens (tertiary/aromatic N) is 4. The Kier molecular flexibility index (Phi) is 4.09. The highest BCUT2D eigenvalue weighted by Gasteiger charge is 2.21. The predicted octanol–water partition coefficient (Wildman–Crippen LogP) is 1.79. The molecule has 0 unspecified atom stereocenters. The molecule has 0 spiro atoms. The highest BCUT2D eigenvalue weighted by Crippen LogP contribution is 2.21. The van der Waals surface area contributed by atoms with Gasteiger partial charge in [-0.05, 0) is 25.1 Å². The summed E-state index contributed by atoms with van der Waals surface area (Å²) < 4.78 is 1.72. The molecule has 1 aliphatic heterocycles. The molecule has 0 saturated heterocycles. The van der Waals surface area contributed by atoms with Crippen LogP contribution in [0.4, 0.5) is 0 Å². The number of carbonyl (C=O) groups is 1. The van der Waals surface area contributed by atoms with Gasteiger partial charge in [0.25, 0.3) is 5.56 Å². The van der Waals surface area contributed by atoms with Crippen molar-refractivity contribution in [2.45, 2.75) is 26.3 Å². The number of hydrogen-bond donors (Lipinski definition) is 0. The number of rotatable bonds is 2. The van der Waals surface area contributed by atoms with Gasteiger partial charge in [0, 0.05) is 42.8 Å². The molecule has 25 heavy (non-hydrogen) atoms. The van der Waals surface area contributed by atoms with Gasteiger partial charge in [0.1, 0.15) is 10.7 Å². The maximum Gasteiger partial charge on any atom is 0.262 e. The Morgan fingerprint density at radius 3 is 2.96 bits per heavy atom. The Morgan fingerprint density at radius 1 is 1.28 bits per heavy atom. The molecule has 7 heteroatoms. The summed E-state index contributed by atoms with van der Waals surface area (Å²) in [5.41, 5.74) is 0.768. The first-order valence-corrected chi connectivity index (χ1v) is 9.11. The summed E-state index contributed by atoms with van der Waals surface area (Å²) in [5, 5.41) is 0.680. The molecule has 0 saturated carbocycles. The third-order valence-corrected chi connectivity index (χ3v) is 5.41. The maximum atomic E-state index is 12.7. The van der Waals surface area contributed by atoms with E-state index in [0.717, 1.165) is 21.2 Å². The molecule has 1 aliphatic rings. The quantitative estimate of drug-likeness (QED) is 0.704. The SMILES string of the molecule is Cc1cc2c(=O)n3c(nc2s1)CCN(C(=O)Cc1ccccn1)CC3. The first kappa shape index (κ1) is 16.0. The van der Waals surface area contributed by atoms with Crippen LogP contribution < -0.4 is 5.56 Å². The van der Waals surface area contributed by atoms with Gasteiger partial charge in [-0.25, -0.2) is 4.98 Å². The van der Waals surface area contributed by atoms with E-state index < -0.39 is 0 Å². The number of carbonyl (C=O) groups excluding carboxylic acids is 1. The zero-order valence-corrected chi connectivity index (χ0v) is 14.8. The van der Waals surface area contributed by atoms with Crippen molar-refractivity contribution in [2.24, 2.45) is 0 Å². The third kappa shape index (κ3) is 3.07. The Balaban J connectivity index is 1.57. The molecule has 3 aromatic heterocycles. The third-order valence-electron chi connectivity index (χ3n) is 4.46. The number of pyridine rings is 1. The molecule has 6 nitrogen and oxygen atoms in total. The van der Waals surface area contributed by atoms with E-state index in [1.807, 2.05) is 36.1 Å². The van der Waals surface area contributed by atoms with Crippen LogP contribution in [0.3, 0.4) is 0 Å². The van der Waals surface area contributed by atoms with Gasteiger partial charge in [0.05, 0.1) is 11.8 Å². The number of hydrogen-bond acceptors (Lipinski definition) is 5. The minimum Gasteiger partial charge on any atom is -0.340 e. The van der Waals surface area contributed by atoms with E-state index in [0.29, 0.717) is 31.4 Å². The number of fused-ring (bicyclic) bond motifs is 2. The molecular weight excluding hydrogens is 336 g/mol. The summed E-state index contributed by atoms with van der Waals surface area (Å²) in [4.78, 5) is 37.9. The standard InChI is InChI=1S/C18H18N4O2S/c1-12-10-14-17(25-12)20-15-5-7-21(8-9-22(15)18(14)24)16(23)11-13-4-2-3-6-19-13/h2-4,6,10H,5,7-9,11H2,1H3. The first-order valence-electron chi connectivity index (χ1n) is 8.29. The molecule has 0 aliphatic carbocycles. The number of thiophene rings is 1. The lowest BCUT2D eigenvalue weighted by Gasteiger charge is -2.19. The molecule has 128 valence electrons. The van der Waals surface area contributed by atoms with Gasteiger partial charge >= 0.3 is 0 Å². The normalized spacial score (nSPS) is 14.4. The lowest BCUT2D eigenvalue weighted by molar-refractivity contribution is -0.130. The zero-order valence-electron chi connectivity index (χ0n) is 13.9. The average Bonchev–Trinajstić information content (AvgIpc) is 2.84. The fraction of sp³-hybridized carbons (Fsp3) is 0.333. The Bertz CT molecular complexity index is 993. The van der Waals surface area contributed by atoms with E-state index in [9.17, 15) is 9.59 Å². The van der Waals surface area contributed by atoms with Crippen LogP contribution in [0.25, 0.3) is 10.2 Å². The van der Waals surface area contributed by atoms with Gasteiger partial charge in [0.15, 0.2) is 0 Å². The molecular formula is C18H18N4O2S. The van der Waals surface area contributed by atoms with E-state index in [4.69, 9.17) is 0 Å². The van der Waals surface area contributed by atoms with Crippen LogP contribution >= 0.6 is 11.3 Å². The van der Waals surface area contributed by atoms with Crippen LogP contribution in [0, 0.1) is 6.92 Å². The lowest BCUT2D eigenvalue weighted by Crippen LogP contribution is -2.35. The lowest BCUT2D eigenvalue weighted by atomic mass is 10.2. The van der Waals surface area contributed by atoms with Crippen molar-refractivity contribution in [3.05, 3.63) is 57.2 Å². The van der Waals surface area contributed by atoms with Crippen molar-refractivity contribution >= 4 is 27.5 Å². The maximum absolute atomic E-state index is 12.7. The van der Waals surface area contributed by atoms with Crippen molar-refractivity contribution in [1.29, 1.82) is 0 Å². The number of aromatic nitrogens is 3. The predicted molar refractivity (Wildman–Crippen MR) is 96.8 cm³/mol. The first-order chi connectivity index (χ1) is 12.1. The molecule has 0 aromatic carbocycles. The van der Waals surface area contributed by atoms with Gasteiger partial charge < -0.3 is 4.90 Å². The van der Waals surface area contributed by atoms with E-state index in [1.54, 1.807) is 22.1 Å². The highest BCUT2D eigenvalue weighted by atomic mass is 32.1. The van der Waals surface area contributed by atoms with E-state index in [1.165, 1.54) is 0 Å². The monoisotopic (exact) mass is 354 g/mol. The van der Waals surface area contributed by atoms with Crippen molar-refractivity contribution < 1.29 is 4.79 Å². The molecule has 3 aromatic rings. The summed E-state index contributed by atoms with van der Waals surface area (Å²) in [6.45, 7) is 3.57. The average molecular weight is 354 g/mol. The molecule has 1 amide bonds. The Morgan fingerprint density at radius 2 is 2.16 bits per heavy atom. The van der Waals surface area contributed by atoms with Gasteiger partial charge in [-0.3, -0.25) is 19.1 Å². The molecule has 0 radical (unpaired) electrons. The van der Waals surface area contributed by atoms with E-state index in [-0.39, 0.29) is 17.9 Å². The van der Waals surface area contributed by atoms with Crippen molar-refractivity contribution in [1.82, 2.24) is 19.4 Å². The second kappa shape index (κ2) is 6.40. The Labute approximate surface area is 148 Å². The second-order valence-corrected chi connectivity index (χ2v) is 7.42. The van der Waals surface area contributed by atoms with Crippen LogP contribution in [0.1, 0.15) is 16.4 Å². The molecule has 0 N–H and O–H groups in total. The summed E-state index contributed by atoms with van der Waals surface area (Å²) in [6.07, 6.45) is 2.57. The van der Waals surface area contributed by atoms with Crippen LogP contribution in [0.15, 0.2) is 35.3 Å². The highest BCUT2D eigenvalue weighted by molar-refractivity contribution is 7.18. The molecule has 4 rings (SSSR count). The van der Waals surface area contributed by atoms with Gasteiger partial charge in [0.2, 0.25) is 5.91 Å². The number of aryl methyl sites for hydroxylation is 1. The largest absolute Gasteiger partial charge is 0.340 e. The van der Waals surface area contributed by atoms with Gasteiger partial charge in [-0.1, -0.05) is 6.07 Å². The zero-order chi connectivity index (χ0) is 17.4. The number of amides is 1. The second-order valence-electron chi connectivity index (χ2n) is 6.19. The van der Waals surface area contributed by atoms with Gasteiger partial charge in [-0.2, -0.15) is 0 Å². The van der Waals surface area contributed by atoms with E-state index in [2.05, 4.69) is 9.97 Å². The van der Waals surface area contributed by atoms with Crippen molar-refractivity contribution in [3.8, 4) is 0 Å². The van der Waals surface area contributed by atoms with Crippen LogP contribution in [0.5, 0.6) is 0 Å². The molecule has 0 fully saturated rings. The molecule has 0 atom stereocenters. The smallest absolute Gasteiger partial charge is 0.262 e. The van der Waals surface area contributed by atoms with E-state index >= 15 is 0 Å². The summed E-state index contributed by atoms with van der Waals surface area (Å²) in [6, 6.07) is 7.47. The van der Waals surface area contributed by atoms with Crippen LogP contribution in [-0.4, -0.2) is 38.4 Å².